The van der Waals surface area contributed by atoms with E-state index in [1.165, 1.54) is 12.1 Å². The van der Waals surface area contributed by atoms with E-state index in [-0.39, 0.29) is 11.9 Å². The van der Waals surface area contributed by atoms with Crippen molar-refractivity contribution in [2.75, 3.05) is 7.05 Å². The summed E-state index contributed by atoms with van der Waals surface area (Å²) in [7, 11) is 3.71. The molecule has 2 aromatic rings. The molecule has 0 saturated heterocycles. The Morgan fingerprint density at radius 3 is 2.87 bits per heavy atom. The predicted octanol–water partition coefficient (Wildman–Crippen LogP) is 1.99. The van der Waals surface area contributed by atoms with Crippen LogP contribution in [0.15, 0.2) is 18.2 Å². The maximum atomic E-state index is 13.1. The Bertz CT molecular complexity index is 490. The van der Waals surface area contributed by atoms with Gasteiger partial charge in [-0.1, -0.05) is 0 Å². The topological polar surface area (TPSA) is 29.9 Å². The van der Waals surface area contributed by atoms with E-state index >= 15 is 0 Å². The van der Waals surface area contributed by atoms with E-state index in [4.69, 9.17) is 0 Å². The first-order valence-electron chi connectivity index (χ1n) is 4.93. The van der Waals surface area contributed by atoms with E-state index in [0.29, 0.717) is 0 Å². The van der Waals surface area contributed by atoms with Crippen LogP contribution in [-0.2, 0) is 7.05 Å². The van der Waals surface area contributed by atoms with Gasteiger partial charge in [-0.25, -0.2) is 4.39 Å². The molecule has 3 nitrogen and oxygen atoms in total. The van der Waals surface area contributed by atoms with E-state index in [9.17, 15) is 4.39 Å². The number of rotatable bonds is 2. The highest BCUT2D eigenvalue weighted by Gasteiger charge is 2.13. The number of halogens is 1. The number of nitrogens with one attached hydrogen (secondary N) is 1. The van der Waals surface area contributed by atoms with Crippen molar-refractivity contribution >= 4 is 10.9 Å². The minimum atomic E-state index is -0.228. The Morgan fingerprint density at radius 1 is 1.47 bits per heavy atom. The standard InChI is InChI=1S/C11H14FN3/c1-7(13-2)11-9-5-4-8(12)6-10(9)15(3)14-11/h4-7,13H,1-3H3. The molecule has 0 bridgehead atoms. The third-order valence-electron chi connectivity index (χ3n) is 2.69. The second-order valence-electron chi connectivity index (χ2n) is 3.68. The summed E-state index contributed by atoms with van der Waals surface area (Å²) in [5.41, 5.74) is 1.78. The van der Waals surface area contributed by atoms with Gasteiger partial charge in [0.25, 0.3) is 0 Å². The van der Waals surface area contributed by atoms with E-state index in [2.05, 4.69) is 10.4 Å². The molecule has 0 amide bonds. The summed E-state index contributed by atoms with van der Waals surface area (Å²) < 4.78 is 14.8. The summed E-state index contributed by atoms with van der Waals surface area (Å²) in [5.74, 6) is -0.228. The molecule has 1 aromatic carbocycles. The van der Waals surface area contributed by atoms with Crippen molar-refractivity contribution in [3.8, 4) is 0 Å². The Labute approximate surface area is 87.9 Å². The van der Waals surface area contributed by atoms with Gasteiger partial charge in [-0.05, 0) is 32.2 Å². The van der Waals surface area contributed by atoms with Crippen molar-refractivity contribution in [2.45, 2.75) is 13.0 Å². The Hall–Kier alpha value is -1.42. The van der Waals surface area contributed by atoms with E-state index in [0.717, 1.165) is 16.6 Å². The molecule has 0 aliphatic rings. The third kappa shape index (κ3) is 1.61. The molecule has 0 aliphatic heterocycles. The molecular formula is C11H14FN3. The van der Waals surface area contributed by atoms with Crippen LogP contribution in [0.25, 0.3) is 10.9 Å². The van der Waals surface area contributed by atoms with Crippen molar-refractivity contribution < 1.29 is 4.39 Å². The monoisotopic (exact) mass is 207 g/mol. The highest BCUT2D eigenvalue weighted by atomic mass is 19.1. The zero-order valence-electron chi connectivity index (χ0n) is 9.08. The van der Waals surface area contributed by atoms with Gasteiger partial charge >= 0.3 is 0 Å². The van der Waals surface area contributed by atoms with Crippen LogP contribution in [-0.4, -0.2) is 16.8 Å². The fourth-order valence-electron chi connectivity index (χ4n) is 1.72. The largest absolute Gasteiger partial charge is 0.312 e. The SMILES string of the molecule is CNC(C)c1nn(C)c2cc(F)ccc12. The second kappa shape index (κ2) is 3.62. The normalized spacial score (nSPS) is 13.3. The summed E-state index contributed by atoms with van der Waals surface area (Å²) in [6.07, 6.45) is 0. The number of hydrogen-bond donors (Lipinski definition) is 1. The Kier molecular flexibility index (Phi) is 2.44. The van der Waals surface area contributed by atoms with Crippen LogP contribution in [0, 0.1) is 5.82 Å². The van der Waals surface area contributed by atoms with Crippen molar-refractivity contribution in [1.29, 1.82) is 0 Å². The number of hydrogen-bond acceptors (Lipinski definition) is 2. The predicted molar refractivity (Wildman–Crippen MR) is 58.1 cm³/mol. The van der Waals surface area contributed by atoms with Gasteiger partial charge in [-0.2, -0.15) is 5.10 Å². The lowest BCUT2D eigenvalue weighted by molar-refractivity contribution is 0.616. The summed E-state index contributed by atoms with van der Waals surface area (Å²) >= 11 is 0. The molecule has 1 heterocycles. The Morgan fingerprint density at radius 2 is 2.20 bits per heavy atom. The average Bonchev–Trinajstić information content (AvgIpc) is 2.55. The molecule has 1 aromatic heterocycles. The van der Waals surface area contributed by atoms with E-state index in [1.807, 2.05) is 21.0 Å². The van der Waals surface area contributed by atoms with Crippen LogP contribution in [0.2, 0.25) is 0 Å². The molecule has 2 rings (SSSR count). The van der Waals surface area contributed by atoms with Crippen LogP contribution >= 0.6 is 0 Å². The van der Waals surface area contributed by atoms with Gasteiger partial charge in [-0.15, -0.1) is 0 Å². The van der Waals surface area contributed by atoms with Crippen molar-refractivity contribution in [3.63, 3.8) is 0 Å². The van der Waals surface area contributed by atoms with Gasteiger partial charge in [0.2, 0.25) is 0 Å². The zero-order valence-corrected chi connectivity index (χ0v) is 9.08. The molecule has 1 atom stereocenters. The van der Waals surface area contributed by atoms with Gasteiger partial charge in [0, 0.05) is 18.5 Å². The highest BCUT2D eigenvalue weighted by molar-refractivity contribution is 5.82. The first-order valence-corrected chi connectivity index (χ1v) is 4.93. The second-order valence-corrected chi connectivity index (χ2v) is 3.68. The van der Waals surface area contributed by atoms with Crippen LogP contribution < -0.4 is 5.32 Å². The molecule has 0 saturated carbocycles. The first-order chi connectivity index (χ1) is 7.13. The van der Waals surface area contributed by atoms with Crippen LogP contribution in [0.5, 0.6) is 0 Å². The molecule has 15 heavy (non-hydrogen) atoms. The summed E-state index contributed by atoms with van der Waals surface area (Å²) in [6, 6.07) is 4.92. The lowest BCUT2D eigenvalue weighted by Gasteiger charge is -2.06. The summed E-state index contributed by atoms with van der Waals surface area (Å²) in [4.78, 5) is 0. The van der Waals surface area contributed by atoms with E-state index in [1.54, 1.807) is 10.7 Å². The average molecular weight is 207 g/mol. The molecule has 80 valence electrons. The molecule has 0 aliphatic carbocycles. The molecule has 0 radical (unpaired) electrons. The summed E-state index contributed by atoms with van der Waals surface area (Å²) in [6.45, 7) is 2.03. The minimum Gasteiger partial charge on any atom is -0.312 e. The fraction of sp³-hybridized carbons (Fsp3) is 0.364. The van der Waals surface area contributed by atoms with Gasteiger partial charge < -0.3 is 5.32 Å². The third-order valence-corrected chi connectivity index (χ3v) is 2.69. The lowest BCUT2D eigenvalue weighted by Crippen LogP contribution is -2.13. The number of aromatic nitrogens is 2. The van der Waals surface area contributed by atoms with Gasteiger partial charge in [0.05, 0.1) is 11.2 Å². The van der Waals surface area contributed by atoms with Crippen molar-refractivity contribution in [2.24, 2.45) is 7.05 Å². The lowest BCUT2D eigenvalue weighted by atomic mass is 10.1. The van der Waals surface area contributed by atoms with Crippen LogP contribution in [0.1, 0.15) is 18.7 Å². The molecular weight excluding hydrogens is 193 g/mol. The Balaban J connectivity index is 2.68. The van der Waals surface area contributed by atoms with Gasteiger partial charge in [0.1, 0.15) is 5.82 Å². The molecule has 1 unspecified atom stereocenters. The highest BCUT2D eigenvalue weighted by Crippen LogP contribution is 2.23. The maximum absolute atomic E-state index is 13.1. The molecule has 0 spiro atoms. The number of nitrogens with zero attached hydrogens (tertiary/aromatic N) is 2. The fourth-order valence-corrected chi connectivity index (χ4v) is 1.72. The molecule has 4 heteroatoms. The van der Waals surface area contributed by atoms with Gasteiger partial charge in [-0.3, -0.25) is 4.68 Å². The van der Waals surface area contributed by atoms with Crippen LogP contribution in [0.4, 0.5) is 4.39 Å². The quantitative estimate of drug-likeness (QED) is 0.816. The zero-order chi connectivity index (χ0) is 11.0. The number of aryl methyl sites for hydroxylation is 1. The minimum absolute atomic E-state index is 0.166. The van der Waals surface area contributed by atoms with Gasteiger partial charge in [0.15, 0.2) is 0 Å². The maximum Gasteiger partial charge on any atom is 0.125 e. The number of benzene rings is 1. The van der Waals surface area contributed by atoms with Crippen molar-refractivity contribution in [1.82, 2.24) is 15.1 Å². The summed E-state index contributed by atoms with van der Waals surface area (Å²) in [5, 5.41) is 8.52. The van der Waals surface area contributed by atoms with Crippen LogP contribution in [0.3, 0.4) is 0 Å². The van der Waals surface area contributed by atoms with E-state index < -0.39 is 0 Å². The van der Waals surface area contributed by atoms with Crippen molar-refractivity contribution in [3.05, 3.63) is 29.7 Å². The number of fused-ring (bicyclic) bond motifs is 1. The first kappa shape index (κ1) is 10.1. The molecule has 0 fully saturated rings. The smallest absolute Gasteiger partial charge is 0.125 e. The molecule has 1 N–H and O–H groups in total.